The lowest BCUT2D eigenvalue weighted by molar-refractivity contribution is 0.0530. The fourth-order valence-electron chi connectivity index (χ4n) is 2.25. The molecule has 0 amide bonds. The highest BCUT2D eigenvalue weighted by atomic mass is 19.1. The van der Waals surface area contributed by atoms with Crippen LogP contribution in [-0.2, 0) is 4.74 Å². The minimum absolute atomic E-state index is 0.149. The summed E-state index contributed by atoms with van der Waals surface area (Å²) in [7, 11) is 1.88. The van der Waals surface area contributed by atoms with Crippen molar-refractivity contribution in [2.75, 3.05) is 31.6 Å². The number of benzene rings is 1. The van der Waals surface area contributed by atoms with Crippen LogP contribution in [0.1, 0.15) is 25.5 Å². The molecular weight excluding hydrogens is 231 g/mol. The van der Waals surface area contributed by atoms with Crippen molar-refractivity contribution in [3.63, 3.8) is 0 Å². The van der Waals surface area contributed by atoms with Gasteiger partial charge >= 0.3 is 0 Å². The van der Waals surface area contributed by atoms with E-state index in [2.05, 4.69) is 10.2 Å². The number of morpholine rings is 1. The van der Waals surface area contributed by atoms with E-state index in [1.165, 1.54) is 0 Å². The number of hydrogen-bond donors (Lipinski definition) is 1. The van der Waals surface area contributed by atoms with Gasteiger partial charge in [0.15, 0.2) is 0 Å². The van der Waals surface area contributed by atoms with E-state index in [0.29, 0.717) is 12.3 Å². The monoisotopic (exact) mass is 252 g/mol. The van der Waals surface area contributed by atoms with Crippen molar-refractivity contribution < 1.29 is 9.13 Å². The topological polar surface area (TPSA) is 24.5 Å². The molecule has 2 atom stereocenters. The molecule has 1 fully saturated rings. The molecule has 4 heteroatoms. The van der Waals surface area contributed by atoms with Crippen LogP contribution in [0.5, 0.6) is 0 Å². The van der Waals surface area contributed by atoms with Crippen molar-refractivity contribution >= 4 is 5.69 Å². The molecule has 18 heavy (non-hydrogen) atoms. The summed E-state index contributed by atoms with van der Waals surface area (Å²) in [4.78, 5) is 2.05. The Morgan fingerprint density at radius 3 is 2.89 bits per heavy atom. The first-order valence-corrected chi connectivity index (χ1v) is 6.45. The smallest absolute Gasteiger partial charge is 0.146 e. The summed E-state index contributed by atoms with van der Waals surface area (Å²) in [5, 5.41) is 3.11. The van der Waals surface area contributed by atoms with Crippen LogP contribution in [0.4, 0.5) is 10.1 Å². The number of halogens is 1. The molecule has 1 aromatic carbocycles. The summed E-state index contributed by atoms with van der Waals surface area (Å²) in [6.45, 7) is 6.20. The maximum atomic E-state index is 14.1. The number of nitrogens with zero attached hydrogens (tertiary/aromatic N) is 1. The van der Waals surface area contributed by atoms with E-state index in [-0.39, 0.29) is 18.0 Å². The van der Waals surface area contributed by atoms with Crippen LogP contribution >= 0.6 is 0 Å². The lowest BCUT2D eigenvalue weighted by Gasteiger charge is -2.33. The molecule has 1 aliphatic rings. The number of hydrogen-bond acceptors (Lipinski definition) is 3. The highest BCUT2D eigenvalue weighted by Crippen LogP contribution is 2.25. The third-order valence-corrected chi connectivity index (χ3v) is 3.49. The molecule has 0 aromatic heterocycles. The number of ether oxygens (including phenoxy) is 1. The Balaban J connectivity index is 2.19. The molecule has 1 aliphatic heterocycles. The molecule has 1 aromatic rings. The quantitative estimate of drug-likeness (QED) is 0.893. The van der Waals surface area contributed by atoms with E-state index >= 15 is 0 Å². The standard InChI is InChI=1S/C14H21FN2O/c1-10-9-17(6-7-18-10)14-5-4-12(8-13(14)15)11(2)16-3/h4-5,8,10-11,16H,6-7,9H2,1-3H3. The number of nitrogens with one attached hydrogen (secondary N) is 1. The zero-order chi connectivity index (χ0) is 13.1. The van der Waals surface area contributed by atoms with E-state index < -0.39 is 0 Å². The Labute approximate surface area is 108 Å². The van der Waals surface area contributed by atoms with Crippen molar-refractivity contribution in [2.45, 2.75) is 26.0 Å². The summed E-state index contributed by atoms with van der Waals surface area (Å²) in [5.74, 6) is -0.149. The van der Waals surface area contributed by atoms with Gasteiger partial charge in [-0.3, -0.25) is 0 Å². The second-order valence-electron chi connectivity index (χ2n) is 4.85. The van der Waals surface area contributed by atoms with Crippen molar-refractivity contribution in [1.82, 2.24) is 5.32 Å². The average Bonchev–Trinajstić information content (AvgIpc) is 2.37. The first-order valence-electron chi connectivity index (χ1n) is 6.45. The van der Waals surface area contributed by atoms with E-state index in [4.69, 9.17) is 4.74 Å². The molecular formula is C14H21FN2O. The van der Waals surface area contributed by atoms with Crippen LogP contribution in [-0.4, -0.2) is 32.8 Å². The summed E-state index contributed by atoms with van der Waals surface area (Å²) < 4.78 is 19.6. The van der Waals surface area contributed by atoms with Gasteiger partial charge in [-0.25, -0.2) is 4.39 Å². The molecule has 2 rings (SSSR count). The fourth-order valence-corrected chi connectivity index (χ4v) is 2.25. The van der Waals surface area contributed by atoms with Crippen LogP contribution < -0.4 is 10.2 Å². The SMILES string of the molecule is CNC(C)c1ccc(N2CCOC(C)C2)c(F)c1. The lowest BCUT2D eigenvalue weighted by Crippen LogP contribution is -2.41. The predicted octanol–water partition coefficient (Wildman–Crippen LogP) is 2.33. The Morgan fingerprint density at radius 2 is 2.28 bits per heavy atom. The van der Waals surface area contributed by atoms with Gasteiger partial charge in [0.1, 0.15) is 5.82 Å². The van der Waals surface area contributed by atoms with Crippen molar-refractivity contribution in [3.8, 4) is 0 Å². The highest BCUT2D eigenvalue weighted by Gasteiger charge is 2.20. The van der Waals surface area contributed by atoms with Crippen LogP contribution in [0.25, 0.3) is 0 Å². The zero-order valence-electron chi connectivity index (χ0n) is 11.2. The van der Waals surface area contributed by atoms with Crippen LogP contribution in [0.15, 0.2) is 18.2 Å². The molecule has 100 valence electrons. The van der Waals surface area contributed by atoms with E-state index in [1.807, 2.05) is 33.0 Å². The second kappa shape index (κ2) is 5.67. The molecule has 0 bridgehead atoms. The molecule has 0 spiro atoms. The number of rotatable bonds is 3. The molecule has 1 heterocycles. The van der Waals surface area contributed by atoms with Crippen molar-refractivity contribution in [3.05, 3.63) is 29.6 Å². The lowest BCUT2D eigenvalue weighted by atomic mass is 10.1. The minimum atomic E-state index is -0.149. The van der Waals surface area contributed by atoms with E-state index in [9.17, 15) is 4.39 Å². The zero-order valence-corrected chi connectivity index (χ0v) is 11.2. The van der Waals surface area contributed by atoms with Crippen LogP contribution in [0, 0.1) is 5.82 Å². The Kier molecular flexibility index (Phi) is 4.19. The molecule has 1 saturated heterocycles. The molecule has 0 radical (unpaired) electrons. The van der Waals surface area contributed by atoms with Gasteiger partial charge in [0.2, 0.25) is 0 Å². The normalized spacial score (nSPS) is 22.0. The Hall–Kier alpha value is -1.13. The highest BCUT2D eigenvalue weighted by molar-refractivity contribution is 5.50. The van der Waals surface area contributed by atoms with E-state index in [1.54, 1.807) is 6.07 Å². The summed E-state index contributed by atoms with van der Waals surface area (Å²) in [5.41, 5.74) is 1.65. The molecule has 3 nitrogen and oxygen atoms in total. The fraction of sp³-hybridized carbons (Fsp3) is 0.571. The number of anilines is 1. The van der Waals surface area contributed by atoms with Gasteiger partial charge in [0.25, 0.3) is 0 Å². The minimum Gasteiger partial charge on any atom is -0.375 e. The van der Waals surface area contributed by atoms with Crippen LogP contribution in [0.2, 0.25) is 0 Å². The van der Waals surface area contributed by atoms with Gasteiger partial charge < -0.3 is 15.0 Å². The first kappa shape index (κ1) is 13.3. The van der Waals surface area contributed by atoms with Gasteiger partial charge in [-0.05, 0) is 38.6 Å². The van der Waals surface area contributed by atoms with Gasteiger partial charge in [-0.2, -0.15) is 0 Å². The molecule has 0 saturated carbocycles. The third kappa shape index (κ3) is 2.82. The van der Waals surface area contributed by atoms with Gasteiger partial charge in [0.05, 0.1) is 18.4 Å². The van der Waals surface area contributed by atoms with Gasteiger partial charge in [-0.15, -0.1) is 0 Å². The van der Waals surface area contributed by atoms with E-state index in [0.717, 1.165) is 18.7 Å². The Bertz CT molecular complexity index is 411. The maximum absolute atomic E-state index is 14.1. The van der Waals surface area contributed by atoms with Crippen LogP contribution in [0.3, 0.4) is 0 Å². The molecule has 2 unspecified atom stereocenters. The maximum Gasteiger partial charge on any atom is 0.146 e. The molecule has 1 N–H and O–H groups in total. The molecule has 0 aliphatic carbocycles. The van der Waals surface area contributed by atoms with Gasteiger partial charge in [-0.1, -0.05) is 6.07 Å². The second-order valence-corrected chi connectivity index (χ2v) is 4.85. The third-order valence-electron chi connectivity index (χ3n) is 3.49. The Morgan fingerprint density at radius 1 is 1.50 bits per heavy atom. The average molecular weight is 252 g/mol. The van der Waals surface area contributed by atoms with Gasteiger partial charge in [0, 0.05) is 19.1 Å². The first-order chi connectivity index (χ1) is 8.61. The van der Waals surface area contributed by atoms with Crippen molar-refractivity contribution in [1.29, 1.82) is 0 Å². The largest absolute Gasteiger partial charge is 0.375 e. The summed E-state index contributed by atoms with van der Waals surface area (Å²) in [6.07, 6.45) is 0.161. The van der Waals surface area contributed by atoms with Crippen molar-refractivity contribution in [2.24, 2.45) is 0 Å². The summed E-state index contributed by atoms with van der Waals surface area (Å²) >= 11 is 0. The summed E-state index contributed by atoms with van der Waals surface area (Å²) in [6, 6.07) is 5.64. The predicted molar refractivity (Wildman–Crippen MR) is 71.5 cm³/mol.